The number of likely N-dealkylation sites (N-methyl/N-ethyl adjacent to an activating group) is 1. The third-order valence-corrected chi connectivity index (χ3v) is 3.17. The maximum absolute atomic E-state index is 4.15. The van der Waals surface area contributed by atoms with E-state index in [4.69, 9.17) is 0 Å². The highest BCUT2D eigenvalue weighted by Gasteiger charge is 2.20. The van der Waals surface area contributed by atoms with Gasteiger partial charge in [0.25, 0.3) is 0 Å². The Morgan fingerprint density at radius 3 is 3.00 bits per heavy atom. The Bertz CT molecular complexity index is 299. The number of pyridine rings is 1. The molecule has 1 aliphatic rings. The minimum Gasteiger partial charge on any atom is -0.301 e. The summed E-state index contributed by atoms with van der Waals surface area (Å²) in [7, 11) is 2.20. The largest absolute Gasteiger partial charge is 0.301 e. The van der Waals surface area contributed by atoms with Gasteiger partial charge in [0, 0.05) is 44.6 Å². The van der Waals surface area contributed by atoms with Gasteiger partial charge in [-0.15, -0.1) is 0 Å². The van der Waals surface area contributed by atoms with Crippen molar-refractivity contribution >= 4 is 0 Å². The SMILES string of the molecule is C[C@@H]1CN(Cc2cccnc2)CCN1C. The summed E-state index contributed by atoms with van der Waals surface area (Å²) in [4.78, 5) is 9.07. The lowest BCUT2D eigenvalue weighted by molar-refractivity contribution is 0.0999. The number of hydrogen-bond acceptors (Lipinski definition) is 3. The van der Waals surface area contributed by atoms with E-state index >= 15 is 0 Å². The van der Waals surface area contributed by atoms with Gasteiger partial charge in [0.15, 0.2) is 0 Å². The summed E-state index contributed by atoms with van der Waals surface area (Å²) in [5, 5.41) is 0. The van der Waals surface area contributed by atoms with Gasteiger partial charge in [-0.25, -0.2) is 0 Å². The molecule has 0 radical (unpaired) electrons. The minimum atomic E-state index is 0.662. The smallest absolute Gasteiger partial charge is 0.0312 e. The van der Waals surface area contributed by atoms with Gasteiger partial charge in [0.2, 0.25) is 0 Å². The summed E-state index contributed by atoms with van der Waals surface area (Å²) >= 11 is 0. The van der Waals surface area contributed by atoms with Gasteiger partial charge < -0.3 is 4.90 Å². The van der Waals surface area contributed by atoms with Gasteiger partial charge in [-0.2, -0.15) is 0 Å². The first-order chi connectivity index (χ1) is 7.25. The molecule has 2 rings (SSSR count). The highest BCUT2D eigenvalue weighted by Crippen LogP contribution is 2.10. The van der Waals surface area contributed by atoms with Gasteiger partial charge in [0.1, 0.15) is 0 Å². The quantitative estimate of drug-likeness (QED) is 0.723. The molecule has 1 aromatic heterocycles. The van der Waals surface area contributed by atoms with Crippen LogP contribution in [0.4, 0.5) is 0 Å². The van der Waals surface area contributed by atoms with Crippen LogP contribution >= 0.6 is 0 Å². The fourth-order valence-corrected chi connectivity index (χ4v) is 2.02. The standard InChI is InChI=1S/C12H19N3/c1-11-9-15(7-6-14(11)2)10-12-4-3-5-13-8-12/h3-5,8,11H,6-7,9-10H2,1-2H3/t11-/m1/s1. The first kappa shape index (κ1) is 10.6. The van der Waals surface area contributed by atoms with E-state index in [-0.39, 0.29) is 0 Å². The van der Waals surface area contributed by atoms with E-state index in [2.05, 4.69) is 34.8 Å². The molecular weight excluding hydrogens is 186 g/mol. The van der Waals surface area contributed by atoms with Crippen LogP contribution < -0.4 is 0 Å². The molecule has 0 unspecified atom stereocenters. The zero-order valence-electron chi connectivity index (χ0n) is 9.56. The topological polar surface area (TPSA) is 19.4 Å². The second-order valence-electron chi connectivity index (χ2n) is 4.43. The number of aromatic nitrogens is 1. The minimum absolute atomic E-state index is 0.662. The van der Waals surface area contributed by atoms with Gasteiger partial charge >= 0.3 is 0 Å². The lowest BCUT2D eigenvalue weighted by Gasteiger charge is -2.37. The first-order valence-corrected chi connectivity index (χ1v) is 5.57. The molecule has 0 aromatic carbocycles. The van der Waals surface area contributed by atoms with Crippen molar-refractivity contribution in [2.75, 3.05) is 26.7 Å². The summed E-state index contributed by atoms with van der Waals surface area (Å²) in [6, 6.07) is 4.82. The molecule has 1 atom stereocenters. The molecule has 0 N–H and O–H groups in total. The molecule has 0 amide bonds. The van der Waals surface area contributed by atoms with Gasteiger partial charge in [0.05, 0.1) is 0 Å². The fraction of sp³-hybridized carbons (Fsp3) is 0.583. The van der Waals surface area contributed by atoms with E-state index in [9.17, 15) is 0 Å². The summed E-state index contributed by atoms with van der Waals surface area (Å²) in [6.07, 6.45) is 3.79. The summed E-state index contributed by atoms with van der Waals surface area (Å²) < 4.78 is 0. The summed E-state index contributed by atoms with van der Waals surface area (Å²) in [5.74, 6) is 0. The van der Waals surface area contributed by atoms with Crippen LogP contribution in [0, 0.1) is 0 Å². The molecule has 1 aromatic rings. The summed E-state index contributed by atoms with van der Waals surface area (Å²) in [6.45, 7) is 6.81. The van der Waals surface area contributed by atoms with E-state index in [0.29, 0.717) is 6.04 Å². The predicted octanol–water partition coefficient (Wildman–Crippen LogP) is 1.22. The molecule has 0 spiro atoms. The number of nitrogens with zero attached hydrogens (tertiary/aromatic N) is 3. The predicted molar refractivity (Wildman–Crippen MR) is 61.6 cm³/mol. The number of rotatable bonds is 2. The molecule has 15 heavy (non-hydrogen) atoms. The molecule has 3 heteroatoms. The normalized spacial score (nSPS) is 24.3. The molecule has 0 saturated carbocycles. The Kier molecular flexibility index (Phi) is 3.34. The lowest BCUT2D eigenvalue weighted by Crippen LogP contribution is -2.49. The molecule has 82 valence electrons. The highest BCUT2D eigenvalue weighted by molar-refractivity contribution is 5.08. The van der Waals surface area contributed by atoms with Crippen molar-refractivity contribution < 1.29 is 0 Å². The van der Waals surface area contributed by atoms with E-state index in [1.165, 1.54) is 12.1 Å². The van der Waals surface area contributed by atoms with Crippen molar-refractivity contribution in [3.05, 3.63) is 30.1 Å². The summed E-state index contributed by atoms with van der Waals surface area (Å²) in [5.41, 5.74) is 1.31. The van der Waals surface area contributed by atoms with Crippen LogP contribution in [0.15, 0.2) is 24.5 Å². The third-order valence-electron chi connectivity index (χ3n) is 3.17. The Balaban J connectivity index is 1.91. The zero-order chi connectivity index (χ0) is 10.7. The molecule has 2 heterocycles. The van der Waals surface area contributed by atoms with Gasteiger partial charge in [-0.05, 0) is 25.6 Å². The molecule has 1 fully saturated rings. The Labute approximate surface area is 91.7 Å². The second-order valence-corrected chi connectivity index (χ2v) is 4.43. The molecule has 1 saturated heterocycles. The Morgan fingerprint density at radius 1 is 1.47 bits per heavy atom. The maximum Gasteiger partial charge on any atom is 0.0312 e. The van der Waals surface area contributed by atoms with E-state index in [1.807, 2.05) is 18.5 Å². The fourth-order valence-electron chi connectivity index (χ4n) is 2.02. The lowest BCUT2D eigenvalue weighted by atomic mass is 10.2. The maximum atomic E-state index is 4.15. The first-order valence-electron chi connectivity index (χ1n) is 5.57. The molecule has 0 bridgehead atoms. The molecule has 1 aliphatic heterocycles. The molecular formula is C12H19N3. The third kappa shape index (κ3) is 2.76. The number of hydrogen-bond donors (Lipinski definition) is 0. The van der Waals surface area contributed by atoms with Crippen LogP contribution in [0.1, 0.15) is 12.5 Å². The van der Waals surface area contributed by atoms with Crippen LogP contribution in [0.2, 0.25) is 0 Å². The van der Waals surface area contributed by atoms with Crippen LogP contribution in [-0.4, -0.2) is 47.5 Å². The van der Waals surface area contributed by atoms with Crippen LogP contribution in [0.25, 0.3) is 0 Å². The van der Waals surface area contributed by atoms with E-state index in [1.54, 1.807) is 0 Å². The monoisotopic (exact) mass is 205 g/mol. The van der Waals surface area contributed by atoms with Crippen LogP contribution in [-0.2, 0) is 6.54 Å². The average molecular weight is 205 g/mol. The molecule has 3 nitrogen and oxygen atoms in total. The zero-order valence-corrected chi connectivity index (χ0v) is 9.56. The van der Waals surface area contributed by atoms with E-state index < -0.39 is 0 Å². The van der Waals surface area contributed by atoms with Crippen molar-refractivity contribution in [3.8, 4) is 0 Å². The van der Waals surface area contributed by atoms with Crippen molar-refractivity contribution in [2.24, 2.45) is 0 Å². The van der Waals surface area contributed by atoms with Gasteiger partial charge in [-0.3, -0.25) is 9.88 Å². The average Bonchev–Trinajstić information content (AvgIpc) is 2.25. The van der Waals surface area contributed by atoms with Crippen molar-refractivity contribution in [1.29, 1.82) is 0 Å². The van der Waals surface area contributed by atoms with Crippen LogP contribution in [0.5, 0.6) is 0 Å². The Morgan fingerprint density at radius 2 is 2.33 bits per heavy atom. The Hall–Kier alpha value is -0.930. The highest BCUT2D eigenvalue weighted by atomic mass is 15.3. The van der Waals surface area contributed by atoms with Gasteiger partial charge in [-0.1, -0.05) is 6.07 Å². The second kappa shape index (κ2) is 4.73. The number of piperazine rings is 1. The van der Waals surface area contributed by atoms with Crippen molar-refractivity contribution in [1.82, 2.24) is 14.8 Å². The van der Waals surface area contributed by atoms with Crippen molar-refractivity contribution in [3.63, 3.8) is 0 Å². The van der Waals surface area contributed by atoms with Crippen LogP contribution in [0.3, 0.4) is 0 Å². The molecule has 0 aliphatic carbocycles. The van der Waals surface area contributed by atoms with E-state index in [0.717, 1.165) is 19.6 Å². The van der Waals surface area contributed by atoms with Crippen molar-refractivity contribution in [2.45, 2.75) is 19.5 Å².